The van der Waals surface area contributed by atoms with E-state index < -0.39 is 17.9 Å². The number of nitrogens with zero attached hydrogens (tertiary/aromatic N) is 1. The van der Waals surface area contributed by atoms with Crippen molar-refractivity contribution in [3.8, 4) is 44.6 Å². The van der Waals surface area contributed by atoms with E-state index in [0.29, 0.717) is 28.7 Å². The lowest BCUT2D eigenvalue weighted by Crippen LogP contribution is -2.36. The van der Waals surface area contributed by atoms with E-state index in [9.17, 15) is 9.59 Å². The minimum Gasteiger partial charge on any atom is -0.495 e. The van der Waals surface area contributed by atoms with Crippen molar-refractivity contribution in [2.24, 2.45) is 5.73 Å². The summed E-state index contributed by atoms with van der Waals surface area (Å²) < 4.78 is 26.2. The summed E-state index contributed by atoms with van der Waals surface area (Å²) in [4.78, 5) is 27.2. The number of halogens is 1. The van der Waals surface area contributed by atoms with E-state index in [1.54, 1.807) is 39.7 Å². The number of amides is 2. The topological polar surface area (TPSA) is 134 Å². The van der Waals surface area contributed by atoms with Crippen molar-refractivity contribution in [2.75, 3.05) is 33.8 Å². The summed E-state index contributed by atoms with van der Waals surface area (Å²) in [6.45, 7) is 0. The molecule has 10 nitrogen and oxygen atoms in total. The number of rotatable bonds is 12. The molecule has 1 atom stereocenters. The third-order valence-corrected chi connectivity index (χ3v) is 6.51. The number of nitrogens with one attached hydrogen (secondary N) is 2. The second-order valence-electron chi connectivity index (χ2n) is 7.55. The smallest absolute Gasteiger partial charge is 0.242 e. The maximum Gasteiger partial charge on any atom is 0.242 e. The quantitative estimate of drug-likeness (QED) is 0.298. The third-order valence-electron chi connectivity index (χ3n) is 5.39. The number of methoxy groups -OCH3 is 4. The summed E-state index contributed by atoms with van der Waals surface area (Å²) in [5.41, 5.74) is 8.06. The van der Waals surface area contributed by atoms with Crippen LogP contribution in [0.1, 0.15) is 12.8 Å². The first-order valence-electron chi connectivity index (χ1n) is 10.8. The van der Waals surface area contributed by atoms with Gasteiger partial charge in [0.1, 0.15) is 11.8 Å². The molecule has 1 aromatic heterocycles. The molecule has 0 unspecified atom stereocenters. The van der Waals surface area contributed by atoms with Crippen LogP contribution in [0.5, 0.6) is 23.0 Å². The van der Waals surface area contributed by atoms with E-state index in [0.717, 1.165) is 21.6 Å². The molecule has 0 aliphatic rings. The zero-order valence-corrected chi connectivity index (χ0v) is 21.8. The molecule has 2 amide bonds. The Hall–Kier alpha value is -3.54. The number of ether oxygens (including phenoxy) is 4. The van der Waals surface area contributed by atoms with Crippen molar-refractivity contribution in [1.82, 2.24) is 9.21 Å². The Balaban J connectivity index is 1.99. The fourth-order valence-corrected chi connectivity index (χ4v) is 4.54. The van der Waals surface area contributed by atoms with E-state index in [4.69, 9.17) is 36.5 Å². The zero-order chi connectivity index (χ0) is 26.2. The monoisotopic (exact) mass is 534 g/mol. The summed E-state index contributed by atoms with van der Waals surface area (Å²) in [6, 6.07) is 8.25. The molecule has 0 radical (unpaired) electrons. The first kappa shape index (κ1) is 27.1. The minimum atomic E-state index is -0.829. The molecule has 3 aromatic rings. The van der Waals surface area contributed by atoms with Crippen LogP contribution in [0, 0.1) is 0 Å². The number of nitrogens with two attached hydrogens (primary N) is 1. The molecule has 192 valence electrons. The second-order valence-corrected chi connectivity index (χ2v) is 8.57. The molecule has 36 heavy (non-hydrogen) atoms. The highest BCUT2D eigenvalue weighted by atomic mass is 35.5. The highest BCUT2D eigenvalue weighted by Gasteiger charge is 2.22. The molecule has 2 aromatic carbocycles. The highest BCUT2D eigenvalue weighted by molar-refractivity contribution is 7.10. The number of hydrogen-bond donors (Lipinski definition) is 3. The molecule has 3 rings (SSSR count). The van der Waals surface area contributed by atoms with Gasteiger partial charge in [-0.05, 0) is 59.6 Å². The molecular weight excluding hydrogens is 508 g/mol. The van der Waals surface area contributed by atoms with Gasteiger partial charge in [-0.3, -0.25) is 9.59 Å². The molecular formula is C24H27ClN4O6S. The summed E-state index contributed by atoms with van der Waals surface area (Å²) in [5.74, 6) is 1.02. The van der Waals surface area contributed by atoms with E-state index in [-0.39, 0.29) is 12.8 Å². The predicted molar refractivity (Wildman–Crippen MR) is 139 cm³/mol. The molecule has 0 saturated carbocycles. The lowest BCUT2D eigenvalue weighted by Gasteiger charge is -2.17. The molecule has 4 N–H and O–H groups in total. The van der Waals surface area contributed by atoms with Crippen LogP contribution in [-0.2, 0) is 9.59 Å². The number of carbonyl (C=O) groups excluding carboxylic acids is 2. The van der Waals surface area contributed by atoms with Gasteiger partial charge in [0.2, 0.25) is 17.6 Å². The Morgan fingerprint density at radius 1 is 1.00 bits per heavy atom. The maximum atomic E-state index is 12.8. The Labute approximate surface area is 217 Å². The number of carbonyl (C=O) groups is 2. The molecule has 0 saturated heterocycles. The second kappa shape index (κ2) is 12.4. The van der Waals surface area contributed by atoms with Crippen molar-refractivity contribution in [2.45, 2.75) is 18.9 Å². The summed E-state index contributed by atoms with van der Waals surface area (Å²) in [6.07, 6.45) is 1.90. The van der Waals surface area contributed by atoms with Crippen molar-refractivity contribution in [1.29, 1.82) is 0 Å². The van der Waals surface area contributed by atoms with Gasteiger partial charge in [-0.15, -0.1) is 0 Å². The summed E-state index contributed by atoms with van der Waals surface area (Å²) in [7, 11) is 6.16. The van der Waals surface area contributed by atoms with E-state index in [1.165, 1.54) is 18.6 Å². The Morgan fingerprint density at radius 3 is 2.22 bits per heavy atom. The van der Waals surface area contributed by atoms with Crippen LogP contribution in [0.25, 0.3) is 21.6 Å². The van der Waals surface area contributed by atoms with Crippen LogP contribution < -0.4 is 34.8 Å². The fourth-order valence-electron chi connectivity index (χ4n) is 3.58. The van der Waals surface area contributed by atoms with Crippen LogP contribution in [0.4, 0.5) is 5.69 Å². The minimum absolute atomic E-state index is 0.00764. The number of primary amides is 1. The zero-order valence-electron chi connectivity index (χ0n) is 20.2. The highest BCUT2D eigenvalue weighted by Crippen LogP contribution is 2.45. The predicted octanol–water partition coefficient (Wildman–Crippen LogP) is 3.83. The molecule has 0 aliphatic carbocycles. The van der Waals surface area contributed by atoms with Crippen LogP contribution in [-0.4, -0.2) is 50.7 Å². The van der Waals surface area contributed by atoms with Gasteiger partial charge in [0.05, 0.1) is 39.0 Å². The molecule has 1 heterocycles. The molecule has 0 aliphatic heterocycles. The number of benzene rings is 2. The number of aromatic nitrogens is 1. The van der Waals surface area contributed by atoms with Crippen molar-refractivity contribution >= 4 is 40.8 Å². The Bertz CT molecular complexity index is 1210. The van der Waals surface area contributed by atoms with Gasteiger partial charge in [-0.1, -0.05) is 6.07 Å². The van der Waals surface area contributed by atoms with Crippen molar-refractivity contribution in [3.63, 3.8) is 0 Å². The normalized spacial score (nSPS) is 11.5. The van der Waals surface area contributed by atoms with Crippen LogP contribution >= 0.6 is 23.3 Å². The maximum absolute atomic E-state index is 12.8. The molecule has 0 spiro atoms. The van der Waals surface area contributed by atoms with Crippen LogP contribution in [0.2, 0.25) is 0 Å². The van der Waals surface area contributed by atoms with Crippen molar-refractivity contribution in [3.05, 3.63) is 36.5 Å². The largest absolute Gasteiger partial charge is 0.495 e. The standard InChI is InChI=1S/C24H27ClN4O6S/c1-32-18-7-5-13(9-17(18)28-24(31)16(29-25)6-8-21(26)30)15-12-27-36-23(15)14-10-19(33-2)22(35-4)20(11-14)34-3/h5,7,9-12,16,29H,6,8H2,1-4H3,(H2,26,30)(H,28,31)/t16-/m0/s1. The summed E-state index contributed by atoms with van der Waals surface area (Å²) in [5, 5.41) is 2.81. The SMILES string of the molecule is COc1ccc(-c2cnsc2-c2cc(OC)c(OC)c(OC)c2)cc1NC(=O)[C@H](CCC(N)=O)NCl. The third kappa shape index (κ3) is 5.99. The average molecular weight is 535 g/mol. The van der Waals surface area contributed by atoms with Gasteiger partial charge in [-0.2, -0.15) is 4.37 Å². The molecule has 12 heteroatoms. The van der Waals surface area contributed by atoms with Gasteiger partial charge in [-0.25, -0.2) is 4.84 Å². The summed E-state index contributed by atoms with van der Waals surface area (Å²) >= 11 is 7.03. The lowest BCUT2D eigenvalue weighted by atomic mass is 10.0. The van der Waals surface area contributed by atoms with E-state index in [2.05, 4.69) is 14.5 Å². The Kier molecular flexibility index (Phi) is 9.34. The van der Waals surface area contributed by atoms with Gasteiger partial charge >= 0.3 is 0 Å². The van der Waals surface area contributed by atoms with E-state index in [1.807, 2.05) is 18.2 Å². The van der Waals surface area contributed by atoms with Gasteiger partial charge in [0.25, 0.3) is 0 Å². The lowest BCUT2D eigenvalue weighted by molar-refractivity contribution is -0.119. The average Bonchev–Trinajstić information content (AvgIpc) is 3.38. The van der Waals surface area contributed by atoms with Crippen LogP contribution in [0.3, 0.4) is 0 Å². The molecule has 0 bridgehead atoms. The number of anilines is 1. The first-order chi connectivity index (χ1) is 17.4. The van der Waals surface area contributed by atoms with E-state index >= 15 is 0 Å². The van der Waals surface area contributed by atoms with Gasteiger partial charge < -0.3 is 30.0 Å². The van der Waals surface area contributed by atoms with Gasteiger partial charge in [0.15, 0.2) is 11.5 Å². The fraction of sp³-hybridized carbons (Fsp3) is 0.292. The Morgan fingerprint density at radius 2 is 1.67 bits per heavy atom. The first-order valence-corrected chi connectivity index (χ1v) is 11.9. The van der Waals surface area contributed by atoms with Crippen LogP contribution in [0.15, 0.2) is 36.5 Å². The van der Waals surface area contributed by atoms with Crippen molar-refractivity contribution < 1.29 is 28.5 Å². The number of hydrogen-bond acceptors (Lipinski definition) is 9. The molecule has 0 fully saturated rings. The van der Waals surface area contributed by atoms with Gasteiger partial charge in [0, 0.05) is 23.7 Å².